The van der Waals surface area contributed by atoms with Crippen LogP contribution in [-0.2, 0) is 0 Å². The molecule has 1 N–H and O–H groups in total. The molecule has 104 valence electrons. The van der Waals surface area contributed by atoms with E-state index in [-0.39, 0.29) is 0 Å². The molecule has 2 saturated heterocycles. The summed E-state index contributed by atoms with van der Waals surface area (Å²) >= 11 is 2.12. The number of rotatable bonds is 4. The maximum Gasteiger partial charge on any atom is 0.0166 e. The predicted molar refractivity (Wildman–Crippen MR) is 80.3 cm³/mol. The molecule has 1 atom stereocenters. The number of nitrogens with one attached hydrogen (secondary N) is 1. The standard InChI is InChI=1S/C15H28N2S/c1-2-4-15(3-1)17-8-5-13(6-9-17)11-16-14-7-10-18-12-14/h13-16H,1-12H2/t14-/m1/s1. The summed E-state index contributed by atoms with van der Waals surface area (Å²) in [7, 11) is 0. The average Bonchev–Trinajstić information content (AvgIpc) is 3.10. The van der Waals surface area contributed by atoms with Crippen LogP contribution in [0.4, 0.5) is 0 Å². The Balaban J connectivity index is 1.34. The summed E-state index contributed by atoms with van der Waals surface area (Å²) in [5.41, 5.74) is 0. The molecule has 3 rings (SSSR count). The highest BCUT2D eigenvalue weighted by molar-refractivity contribution is 7.99. The molecule has 1 saturated carbocycles. The van der Waals surface area contributed by atoms with Crippen molar-refractivity contribution in [3.63, 3.8) is 0 Å². The van der Waals surface area contributed by atoms with Crippen molar-refractivity contribution in [1.82, 2.24) is 10.2 Å². The number of hydrogen-bond acceptors (Lipinski definition) is 3. The van der Waals surface area contributed by atoms with Crippen molar-refractivity contribution in [2.24, 2.45) is 5.92 Å². The average molecular weight is 268 g/mol. The van der Waals surface area contributed by atoms with Crippen molar-refractivity contribution >= 4 is 11.8 Å². The highest BCUT2D eigenvalue weighted by Gasteiger charge is 2.27. The van der Waals surface area contributed by atoms with E-state index in [1.165, 1.54) is 76.1 Å². The highest BCUT2D eigenvalue weighted by atomic mass is 32.2. The Bertz CT molecular complexity index is 239. The van der Waals surface area contributed by atoms with Gasteiger partial charge in [0.1, 0.15) is 0 Å². The largest absolute Gasteiger partial charge is 0.313 e. The lowest BCUT2D eigenvalue weighted by atomic mass is 9.95. The van der Waals surface area contributed by atoms with Crippen molar-refractivity contribution in [3.05, 3.63) is 0 Å². The molecule has 18 heavy (non-hydrogen) atoms. The van der Waals surface area contributed by atoms with Crippen LogP contribution >= 0.6 is 11.8 Å². The maximum atomic E-state index is 3.80. The third-order valence-electron chi connectivity index (χ3n) is 5.12. The third-order valence-corrected chi connectivity index (χ3v) is 6.28. The first-order valence-electron chi connectivity index (χ1n) is 7.97. The summed E-state index contributed by atoms with van der Waals surface area (Å²) < 4.78 is 0. The number of thioether (sulfide) groups is 1. The van der Waals surface area contributed by atoms with Gasteiger partial charge in [-0.25, -0.2) is 0 Å². The fraction of sp³-hybridized carbons (Fsp3) is 1.00. The van der Waals surface area contributed by atoms with E-state index in [1.807, 2.05) is 0 Å². The second kappa shape index (κ2) is 6.62. The van der Waals surface area contributed by atoms with Crippen LogP contribution in [0, 0.1) is 5.92 Å². The van der Waals surface area contributed by atoms with Crippen LogP contribution in [0.3, 0.4) is 0 Å². The Morgan fingerprint density at radius 1 is 1.00 bits per heavy atom. The van der Waals surface area contributed by atoms with Gasteiger partial charge >= 0.3 is 0 Å². The molecule has 0 unspecified atom stereocenters. The Morgan fingerprint density at radius 3 is 2.44 bits per heavy atom. The van der Waals surface area contributed by atoms with E-state index >= 15 is 0 Å². The van der Waals surface area contributed by atoms with Crippen LogP contribution in [0.2, 0.25) is 0 Å². The van der Waals surface area contributed by atoms with E-state index in [0.29, 0.717) is 0 Å². The normalized spacial score (nSPS) is 32.3. The van der Waals surface area contributed by atoms with Crippen molar-refractivity contribution in [3.8, 4) is 0 Å². The molecule has 2 aliphatic heterocycles. The van der Waals surface area contributed by atoms with Crippen LogP contribution < -0.4 is 5.32 Å². The van der Waals surface area contributed by atoms with Gasteiger partial charge < -0.3 is 10.2 Å². The van der Waals surface area contributed by atoms with Crippen LogP contribution in [0.15, 0.2) is 0 Å². The number of piperidine rings is 1. The molecular weight excluding hydrogens is 240 g/mol. The molecular formula is C15H28N2S. The summed E-state index contributed by atoms with van der Waals surface area (Å²) in [6, 6.07) is 1.77. The number of likely N-dealkylation sites (tertiary alicyclic amines) is 1. The third kappa shape index (κ3) is 3.43. The smallest absolute Gasteiger partial charge is 0.0166 e. The lowest BCUT2D eigenvalue weighted by Crippen LogP contribution is -2.43. The van der Waals surface area contributed by atoms with E-state index in [4.69, 9.17) is 0 Å². The molecule has 0 bridgehead atoms. The second-order valence-electron chi connectivity index (χ2n) is 6.39. The highest BCUT2D eigenvalue weighted by Crippen LogP contribution is 2.27. The number of hydrogen-bond donors (Lipinski definition) is 1. The molecule has 0 aromatic heterocycles. The van der Waals surface area contributed by atoms with E-state index in [9.17, 15) is 0 Å². The topological polar surface area (TPSA) is 15.3 Å². The molecule has 0 aromatic carbocycles. The second-order valence-corrected chi connectivity index (χ2v) is 7.54. The zero-order valence-electron chi connectivity index (χ0n) is 11.6. The minimum Gasteiger partial charge on any atom is -0.313 e. The van der Waals surface area contributed by atoms with Gasteiger partial charge in [0, 0.05) is 17.8 Å². The van der Waals surface area contributed by atoms with Crippen molar-refractivity contribution in [2.45, 2.75) is 57.0 Å². The van der Waals surface area contributed by atoms with Gasteiger partial charge in [-0.1, -0.05) is 12.8 Å². The molecule has 1 aliphatic carbocycles. The Morgan fingerprint density at radius 2 is 1.78 bits per heavy atom. The molecule has 2 heterocycles. The fourth-order valence-corrected chi connectivity index (χ4v) is 5.01. The van der Waals surface area contributed by atoms with Gasteiger partial charge in [-0.15, -0.1) is 0 Å². The monoisotopic (exact) mass is 268 g/mol. The summed E-state index contributed by atoms with van der Waals surface area (Å²) in [5.74, 6) is 3.67. The summed E-state index contributed by atoms with van der Waals surface area (Å²) in [4.78, 5) is 2.79. The van der Waals surface area contributed by atoms with Gasteiger partial charge in [0.2, 0.25) is 0 Å². The van der Waals surface area contributed by atoms with E-state index in [2.05, 4.69) is 22.0 Å². The molecule has 0 aromatic rings. The van der Waals surface area contributed by atoms with Gasteiger partial charge in [0.05, 0.1) is 0 Å². The molecule has 0 radical (unpaired) electrons. The quantitative estimate of drug-likeness (QED) is 0.844. The summed E-state index contributed by atoms with van der Waals surface area (Å²) in [6.45, 7) is 4.02. The van der Waals surface area contributed by atoms with E-state index in [1.54, 1.807) is 0 Å². The van der Waals surface area contributed by atoms with Crippen LogP contribution in [-0.4, -0.2) is 48.1 Å². The Labute approximate surface area is 116 Å². The van der Waals surface area contributed by atoms with Gasteiger partial charge in [0.15, 0.2) is 0 Å². The number of nitrogens with zero attached hydrogens (tertiary/aromatic N) is 1. The maximum absolute atomic E-state index is 3.80. The van der Waals surface area contributed by atoms with Gasteiger partial charge in [-0.2, -0.15) is 11.8 Å². The van der Waals surface area contributed by atoms with Crippen LogP contribution in [0.5, 0.6) is 0 Å². The molecule has 2 nitrogen and oxygen atoms in total. The lowest BCUT2D eigenvalue weighted by molar-refractivity contribution is 0.132. The zero-order chi connectivity index (χ0) is 12.2. The first-order valence-corrected chi connectivity index (χ1v) is 9.12. The molecule has 3 fully saturated rings. The van der Waals surface area contributed by atoms with E-state index in [0.717, 1.165) is 18.0 Å². The summed E-state index contributed by atoms with van der Waals surface area (Å²) in [6.07, 6.45) is 10.2. The SMILES string of the molecule is C1CCC(N2CCC(CN[C@@H]3CCSC3)CC2)C1. The Hall–Kier alpha value is 0.270. The summed E-state index contributed by atoms with van der Waals surface area (Å²) in [5, 5.41) is 3.80. The van der Waals surface area contributed by atoms with Crippen LogP contribution in [0.1, 0.15) is 44.9 Å². The minimum atomic E-state index is 0.822. The Kier molecular flexibility index (Phi) is 4.88. The lowest BCUT2D eigenvalue weighted by Gasteiger charge is -2.36. The van der Waals surface area contributed by atoms with Gasteiger partial charge in [-0.05, 0) is 63.4 Å². The first-order chi connectivity index (χ1) is 8.92. The van der Waals surface area contributed by atoms with E-state index < -0.39 is 0 Å². The minimum absolute atomic E-state index is 0.822. The van der Waals surface area contributed by atoms with Crippen molar-refractivity contribution < 1.29 is 0 Å². The van der Waals surface area contributed by atoms with Crippen molar-refractivity contribution in [1.29, 1.82) is 0 Å². The van der Waals surface area contributed by atoms with Crippen molar-refractivity contribution in [2.75, 3.05) is 31.1 Å². The first kappa shape index (κ1) is 13.3. The fourth-order valence-electron chi connectivity index (χ4n) is 3.82. The predicted octanol–water partition coefficient (Wildman–Crippen LogP) is 2.74. The molecule has 3 heteroatoms. The van der Waals surface area contributed by atoms with Gasteiger partial charge in [-0.3, -0.25) is 0 Å². The zero-order valence-corrected chi connectivity index (χ0v) is 12.4. The molecule has 0 amide bonds. The molecule has 3 aliphatic rings. The van der Waals surface area contributed by atoms with Crippen LogP contribution in [0.25, 0.3) is 0 Å². The van der Waals surface area contributed by atoms with Gasteiger partial charge in [0.25, 0.3) is 0 Å². The molecule has 0 spiro atoms.